The van der Waals surface area contributed by atoms with Crippen LogP contribution in [0.4, 0.5) is 0 Å². The summed E-state index contributed by atoms with van der Waals surface area (Å²) in [7, 11) is 0. The predicted octanol–water partition coefficient (Wildman–Crippen LogP) is 2.04. The molecule has 126 valence electrons. The van der Waals surface area contributed by atoms with Gasteiger partial charge in [0.1, 0.15) is 4.83 Å². The smallest absolute Gasteiger partial charge is 0.332 e. The molecule has 0 amide bonds. The summed E-state index contributed by atoms with van der Waals surface area (Å²) < 4.78 is 8.17. The number of thiophene rings is 1. The lowest BCUT2D eigenvalue weighted by molar-refractivity contribution is 0.112. The predicted molar refractivity (Wildman–Crippen MR) is 91.8 cm³/mol. The molecule has 23 heavy (non-hydrogen) atoms. The van der Waals surface area contributed by atoms with Crippen LogP contribution in [0.1, 0.15) is 36.0 Å². The van der Waals surface area contributed by atoms with E-state index in [4.69, 9.17) is 4.74 Å². The van der Waals surface area contributed by atoms with Crippen LogP contribution < -0.4 is 11.2 Å². The van der Waals surface area contributed by atoms with Crippen molar-refractivity contribution in [1.82, 2.24) is 9.13 Å². The van der Waals surface area contributed by atoms with Crippen molar-refractivity contribution in [3.8, 4) is 0 Å². The van der Waals surface area contributed by atoms with E-state index in [0.717, 1.165) is 6.29 Å². The van der Waals surface area contributed by atoms with Crippen LogP contribution in [0.25, 0.3) is 10.2 Å². The maximum atomic E-state index is 12.7. The van der Waals surface area contributed by atoms with Crippen LogP contribution in [0.2, 0.25) is 0 Å². The molecule has 2 aromatic rings. The van der Waals surface area contributed by atoms with E-state index in [2.05, 4.69) is 0 Å². The van der Waals surface area contributed by atoms with E-state index < -0.39 is 0 Å². The Balaban J connectivity index is 2.77. The number of carbonyl (C=O) groups excluding carboxylic acids is 1. The fourth-order valence-electron chi connectivity index (χ4n) is 2.55. The molecule has 2 heterocycles. The van der Waals surface area contributed by atoms with Crippen LogP contribution in [0.5, 0.6) is 0 Å². The molecule has 6 nitrogen and oxygen atoms in total. The standard InChI is InChI=1S/C16H22N2O4S/c1-5-22-7-6-17-15-13(11(4)12(9-19)23-15)14(20)18(16(17)21)8-10(2)3/h9-10H,5-8H2,1-4H3. The lowest BCUT2D eigenvalue weighted by atomic mass is 10.2. The van der Waals surface area contributed by atoms with Gasteiger partial charge in [0.05, 0.1) is 23.4 Å². The van der Waals surface area contributed by atoms with Gasteiger partial charge in [-0.15, -0.1) is 11.3 Å². The molecule has 0 fully saturated rings. The molecule has 7 heteroatoms. The zero-order valence-corrected chi connectivity index (χ0v) is 14.7. The highest BCUT2D eigenvalue weighted by Gasteiger charge is 2.20. The first kappa shape index (κ1) is 17.6. The Hall–Kier alpha value is -1.73. The fourth-order valence-corrected chi connectivity index (χ4v) is 3.68. The summed E-state index contributed by atoms with van der Waals surface area (Å²) in [4.78, 5) is 37.7. The molecule has 0 saturated carbocycles. The highest BCUT2D eigenvalue weighted by Crippen LogP contribution is 2.26. The summed E-state index contributed by atoms with van der Waals surface area (Å²) in [6.45, 7) is 9.22. The van der Waals surface area contributed by atoms with Crippen molar-refractivity contribution in [2.75, 3.05) is 13.2 Å². The van der Waals surface area contributed by atoms with Gasteiger partial charge in [0.25, 0.3) is 5.56 Å². The van der Waals surface area contributed by atoms with Crippen LogP contribution in [-0.4, -0.2) is 28.6 Å². The Morgan fingerprint density at radius 3 is 2.52 bits per heavy atom. The Kier molecular flexibility index (Phi) is 5.54. The molecule has 0 aromatic carbocycles. The van der Waals surface area contributed by atoms with Gasteiger partial charge in [-0.2, -0.15) is 0 Å². The molecule has 0 atom stereocenters. The minimum absolute atomic E-state index is 0.169. The summed E-state index contributed by atoms with van der Waals surface area (Å²) in [6.07, 6.45) is 0.740. The van der Waals surface area contributed by atoms with Gasteiger partial charge >= 0.3 is 5.69 Å². The number of fused-ring (bicyclic) bond motifs is 1. The lowest BCUT2D eigenvalue weighted by Crippen LogP contribution is -2.41. The molecule has 0 saturated heterocycles. The van der Waals surface area contributed by atoms with E-state index in [9.17, 15) is 14.4 Å². The van der Waals surface area contributed by atoms with Crippen molar-refractivity contribution in [2.24, 2.45) is 5.92 Å². The Morgan fingerprint density at radius 1 is 1.26 bits per heavy atom. The fraction of sp³-hybridized carbons (Fsp3) is 0.562. The third kappa shape index (κ3) is 3.30. The van der Waals surface area contributed by atoms with E-state index in [1.54, 1.807) is 11.5 Å². The van der Waals surface area contributed by atoms with Crippen molar-refractivity contribution in [3.05, 3.63) is 31.3 Å². The van der Waals surface area contributed by atoms with Gasteiger partial charge in [-0.05, 0) is 25.3 Å². The number of hydrogen-bond donors (Lipinski definition) is 0. The number of nitrogens with zero attached hydrogens (tertiary/aromatic N) is 2. The van der Waals surface area contributed by atoms with Crippen LogP contribution in [0.3, 0.4) is 0 Å². The Bertz CT molecular complexity index is 829. The molecule has 0 bridgehead atoms. The summed E-state index contributed by atoms with van der Waals surface area (Å²) in [5.74, 6) is 0.169. The van der Waals surface area contributed by atoms with Gasteiger partial charge < -0.3 is 4.74 Å². The number of aldehydes is 1. The lowest BCUT2D eigenvalue weighted by Gasteiger charge is -2.13. The Labute approximate surface area is 138 Å². The van der Waals surface area contributed by atoms with Gasteiger partial charge in [0, 0.05) is 13.2 Å². The molecular formula is C16H22N2O4S. The maximum Gasteiger partial charge on any atom is 0.332 e. The van der Waals surface area contributed by atoms with E-state index in [-0.39, 0.29) is 17.2 Å². The van der Waals surface area contributed by atoms with Gasteiger partial charge in [0.15, 0.2) is 6.29 Å². The van der Waals surface area contributed by atoms with E-state index in [0.29, 0.717) is 47.0 Å². The zero-order valence-electron chi connectivity index (χ0n) is 13.9. The molecule has 0 aliphatic rings. The minimum Gasteiger partial charge on any atom is -0.380 e. The highest BCUT2D eigenvalue weighted by molar-refractivity contribution is 7.20. The molecule has 0 radical (unpaired) electrons. The summed E-state index contributed by atoms with van der Waals surface area (Å²) in [5.41, 5.74) is -0.00419. The molecule has 0 spiro atoms. The molecule has 2 rings (SSSR count). The second-order valence-corrected chi connectivity index (χ2v) is 6.86. The summed E-state index contributed by atoms with van der Waals surface area (Å²) in [6, 6.07) is 0. The summed E-state index contributed by atoms with van der Waals surface area (Å²) >= 11 is 1.19. The van der Waals surface area contributed by atoms with Crippen molar-refractivity contribution in [3.63, 3.8) is 0 Å². The molecule has 0 unspecified atom stereocenters. The van der Waals surface area contributed by atoms with Crippen molar-refractivity contribution < 1.29 is 9.53 Å². The van der Waals surface area contributed by atoms with Gasteiger partial charge in [-0.3, -0.25) is 18.7 Å². The molecular weight excluding hydrogens is 316 g/mol. The van der Waals surface area contributed by atoms with Gasteiger partial charge in [-0.1, -0.05) is 13.8 Å². The second-order valence-electron chi connectivity index (χ2n) is 5.83. The van der Waals surface area contributed by atoms with Crippen molar-refractivity contribution in [2.45, 2.75) is 40.8 Å². The normalized spacial score (nSPS) is 11.5. The number of rotatable bonds is 7. The van der Waals surface area contributed by atoms with E-state index in [1.165, 1.54) is 15.9 Å². The average Bonchev–Trinajstić information content (AvgIpc) is 2.83. The van der Waals surface area contributed by atoms with Crippen LogP contribution >= 0.6 is 11.3 Å². The minimum atomic E-state index is -0.338. The molecule has 0 aliphatic heterocycles. The topological polar surface area (TPSA) is 70.3 Å². The quantitative estimate of drug-likeness (QED) is 0.572. The first-order valence-corrected chi connectivity index (χ1v) is 8.53. The van der Waals surface area contributed by atoms with Crippen LogP contribution in [0.15, 0.2) is 9.59 Å². The number of hydrogen-bond acceptors (Lipinski definition) is 5. The Morgan fingerprint density at radius 2 is 1.96 bits per heavy atom. The van der Waals surface area contributed by atoms with Gasteiger partial charge in [0.2, 0.25) is 0 Å². The molecule has 0 aliphatic carbocycles. The first-order chi connectivity index (χ1) is 10.9. The maximum absolute atomic E-state index is 12.7. The van der Waals surface area contributed by atoms with Crippen molar-refractivity contribution in [1.29, 1.82) is 0 Å². The van der Waals surface area contributed by atoms with Crippen LogP contribution in [0, 0.1) is 12.8 Å². The number of ether oxygens (including phenoxy) is 1. The first-order valence-electron chi connectivity index (χ1n) is 7.72. The average molecular weight is 338 g/mol. The highest BCUT2D eigenvalue weighted by atomic mass is 32.1. The van der Waals surface area contributed by atoms with E-state index in [1.807, 2.05) is 20.8 Å². The van der Waals surface area contributed by atoms with Crippen LogP contribution in [-0.2, 0) is 17.8 Å². The molecule has 2 aromatic heterocycles. The summed E-state index contributed by atoms with van der Waals surface area (Å²) in [5, 5.41) is 0.467. The third-order valence-corrected chi connectivity index (χ3v) is 4.89. The SMILES string of the molecule is CCOCCn1c(=O)n(CC(C)C)c(=O)c2c(C)c(C=O)sc21. The number of aryl methyl sites for hydroxylation is 1. The van der Waals surface area contributed by atoms with Gasteiger partial charge in [-0.25, -0.2) is 4.79 Å². The second kappa shape index (κ2) is 7.23. The van der Waals surface area contributed by atoms with Crippen molar-refractivity contribution >= 4 is 27.8 Å². The van der Waals surface area contributed by atoms with E-state index >= 15 is 0 Å². The third-order valence-electron chi connectivity index (χ3n) is 3.65. The monoisotopic (exact) mass is 338 g/mol. The number of aromatic nitrogens is 2. The number of carbonyl (C=O) groups is 1. The molecule has 0 N–H and O–H groups in total. The zero-order chi connectivity index (χ0) is 17.1. The largest absolute Gasteiger partial charge is 0.380 e.